The molecule has 1 aromatic carbocycles. The molecule has 0 radical (unpaired) electrons. The first-order valence-electron chi connectivity index (χ1n) is 8.67. The highest BCUT2D eigenvalue weighted by atomic mass is 32.2. The monoisotopic (exact) mass is 434 g/mol. The Morgan fingerprint density at radius 2 is 1.44 bits per heavy atom. The Morgan fingerprint density at radius 1 is 0.926 bits per heavy atom. The first-order chi connectivity index (χ1) is 12.4. The molecule has 4 rings (SSSR count). The lowest BCUT2D eigenvalue weighted by molar-refractivity contribution is 0.160. The molecule has 3 fully saturated rings. The summed E-state index contributed by atoms with van der Waals surface area (Å²) >= 11 is 0. The largest absolute Gasteiger partial charge is 0.306 e. The summed E-state index contributed by atoms with van der Waals surface area (Å²) in [6.45, 7) is 3.46. The van der Waals surface area contributed by atoms with Crippen molar-refractivity contribution in [2.75, 3.05) is 23.0 Å². The average molecular weight is 435 g/mol. The highest BCUT2D eigenvalue weighted by molar-refractivity contribution is 7.92. The zero-order chi connectivity index (χ0) is 19.8. The molecule has 3 aliphatic rings. The van der Waals surface area contributed by atoms with Gasteiger partial charge in [-0.25, -0.2) is 25.3 Å². The van der Waals surface area contributed by atoms with Crippen molar-refractivity contribution in [2.45, 2.75) is 42.9 Å². The lowest BCUT2D eigenvalue weighted by Crippen LogP contribution is -2.67. The van der Waals surface area contributed by atoms with Crippen LogP contribution in [-0.4, -0.2) is 76.7 Å². The number of benzene rings is 1. The number of piperazine rings is 1. The molecule has 4 atom stereocenters. The van der Waals surface area contributed by atoms with Crippen LogP contribution in [0.4, 0.5) is 0 Å². The molecule has 0 aliphatic carbocycles. The Hall–Kier alpha value is -1.01. The number of fused-ring (bicyclic) bond motifs is 2. The van der Waals surface area contributed by atoms with Gasteiger partial charge in [0.05, 0.1) is 40.0 Å². The summed E-state index contributed by atoms with van der Waals surface area (Å²) in [4.78, 5) is 0.107. The third-order valence-electron chi connectivity index (χ3n) is 5.63. The smallest absolute Gasteiger partial charge is 0.244 e. The molecule has 3 heterocycles. The van der Waals surface area contributed by atoms with E-state index < -0.39 is 53.9 Å². The number of nitrogens with one attached hydrogen (secondary N) is 1. The van der Waals surface area contributed by atoms with E-state index in [1.165, 1.54) is 4.31 Å². The van der Waals surface area contributed by atoms with Gasteiger partial charge in [-0.1, -0.05) is 12.1 Å². The number of hydrogen-bond acceptors (Lipinski definition) is 7. The first-order valence-corrected chi connectivity index (χ1v) is 13.8. The van der Waals surface area contributed by atoms with Gasteiger partial charge in [0.2, 0.25) is 10.0 Å². The van der Waals surface area contributed by atoms with E-state index in [0.29, 0.717) is 5.56 Å². The third kappa shape index (κ3) is 3.23. The van der Waals surface area contributed by atoms with Gasteiger partial charge in [-0.05, 0) is 31.0 Å². The number of rotatable bonds is 2. The Bertz CT molecular complexity index is 1060. The number of aryl methyl sites for hydroxylation is 2. The van der Waals surface area contributed by atoms with Crippen LogP contribution in [0.25, 0.3) is 0 Å². The molecule has 3 aliphatic heterocycles. The lowest BCUT2D eigenvalue weighted by Gasteiger charge is -2.44. The Balaban J connectivity index is 1.87. The minimum absolute atomic E-state index is 0.107. The van der Waals surface area contributed by atoms with E-state index in [0.717, 1.165) is 5.56 Å². The van der Waals surface area contributed by atoms with Crippen LogP contribution in [0.15, 0.2) is 23.1 Å². The molecule has 8 nitrogen and oxygen atoms in total. The molecule has 0 bridgehead atoms. The van der Waals surface area contributed by atoms with Crippen molar-refractivity contribution in [1.29, 1.82) is 0 Å². The summed E-state index contributed by atoms with van der Waals surface area (Å²) in [5.41, 5.74) is 1.31. The average Bonchev–Trinajstić information content (AvgIpc) is 2.98. The van der Waals surface area contributed by atoms with Crippen LogP contribution < -0.4 is 5.32 Å². The Labute approximate surface area is 159 Å². The van der Waals surface area contributed by atoms with Crippen LogP contribution in [0, 0.1) is 13.8 Å². The number of hydrogen-bond donors (Lipinski definition) is 1. The highest BCUT2D eigenvalue weighted by Crippen LogP contribution is 2.36. The fourth-order valence-corrected chi connectivity index (χ4v) is 10.7. The fraction of sp³-hybridized carbons (Fsp3) is 0.625. The van der Waals surface area contributed by atoms with Crippen molar-refractivity contribution in [3.63, 3.8) is 0 Å². The van der Waals surface area contributed by atoms with Crippen LogP contribution >= 0.6 is 0 Å². The maximum absolute atomic E-state index is 13.6. The van der Waals surface area contributed by atoms with Crippen molar-refractivity contribution in [2.24, 2.45) is 0 Å². The minimum Gasteiger partial charge on any atom is -0.306 e. The van der Waals surface area contributed by atoms with E-state index in [9.17, 15) is 25.3 Å². The molecule has 0 spiro atoms. The molecule has 11 heteroatoms. The fourth-order valence-electron chi connectivity index (χ4n) is 4.45. The van der Waals surface area contributed by atoms with Crippen LogP contribution in [-0.2, 0) is 29.7 Å². The third-order valence-corrected chi connectivity index (χ3v) is 11.2. The van der Waals surface area contributed by atoms with E-state index in [2.05, 4.69) is 5.32 Å². The van der Waals surface area contributed by atoms with E-state index in [1.807, 2.05) is 0 Å². The lowest BCUT2D eigenvalue weighted by atomic mass is 10.0. The molecule has 0 amide bonds. The van der Waals surface area contributed by atoms with Gasteiger partial charge in [0.15, 0.2) is 19.7 Å². The van der Waals surface area contributed by atoms with Crippen molar-refractivity contribution >= 4 is 29.7 Å². The van der Waals surface area contributed by atoms with Gasteiger partial charge in [-0.3, -0.25) is 0 Å². The zero-order valence-electron chi connectivity index (χ0n) is 15.0. The molecule has 27 heavy (non-hydrogen) atoms. The molecule has 150 valence electrons. The summed E-state index contributed by atoms with van der Waals surface area (Å²) in [5, 5.41) is 3.10. The van der Waals surface area contributed by atoms with Crippen LogP contribution in [0.5, 0.6) is 0 Å². The SMILES string of the molecule is Cc1ccc(C)c(S(=O)(=O)N2[C@@H]3CS(=O)(=O)C[C@@H]3N[C@H]3CS(=O)(=O)C[C@H]32)c1. The molecule has 1 N–H and O–H groups in total. The second kappa shape index (κ2) is 5.99. The Kier molecular flexibility index (Phi) is 4.29. The zero-order valence-corrected chi connectivity index (χ0v) is 17.4. The van der Waals surface area contributed by atoms with Crippen molar-refractivity contribution in [3.05, 3.63) is 29.3 Å². The van der Waals surface area contributed by atoms with Gasteiger partial charge < -0.3 is 5.32 Å². The second-order valence-corrected chi connectivity index (χ2v) is 13.9. The molecule has 0 saturated carbocycles. The molecule has 3 saturated heterocycles. The molecular weight excluding hydrogens is 412 g/mol. The van der Waals surface area contributed by atoms with Gasteiger partial charge in [0, 0.05) is 12.1 Å². The second-order valence-electron chi connectivity index (χ2n) is 7.77. The van der Waals surface area contributed by atoms with Crippen molar-refractivity contribution in [3.8, 4) is 0 Å². The van der Waals surface area contributed by atoms with Gasteiger partial charge in [0.1, 0.15) is 0 Å². The van der Waals surface area contributed by atoms with E-state index in [-0.39, 0.29) is 27.9 Å². The van der Waals surface area contributed by atoms with Gasteiger partial charge in [0.25, 0.3) is 0 Å². The van der Waals surface area contributed by atoms with Crippen molar-refractivity contribution < 1.29 is 25.3 Å². The van der Waals surface area contributed by atoms with Crippen molar-refractivity contribution in [1.82, 2.24) is 9.62 Å². The number of nitrogens with zero attached hydrogens (tertiary/aromatic N) is 1. The minimum atomic E-state index is -4.06. The normalized spacial score (nSPS) is 34.9. The number of sulfone groups is 2. The molecule has 0 unspecified atom stereocenters. The standard InChI is InChI=1S/C16H22N2O6S3/c1-10-3-4-11(2)16(5-10)27(23,24)18-14-8-25(19,20)6-12(14)17-13-7-26(21,22)9-15(13)18/h3-5,12-15,17H,6-9H2,1-2H3/t12-,13-,14+,15+/m0/s1. The van der Waals surface area contributed by atoms with Crippen LogP contribution in [0.1, 0.15) is 11.1 Å². The summed E-state index contributed by atoms with van der Waals surface area (Å²) in [6, 6.07) is 2.29. The maximum Gasteiger partial charge on any atom is 0.244 e. The molecule has 1 aromatic rings. The van der Waals surface area contributed by atoms with Gasteiger partial charge in [-0.2, -0.15) is 4.31 Å². The van der Waals surface area contributed by atoms with E-state index >= 15 is 0 Å². The Morgan fingerprint density at radius 3 is 1.96 bits per heavy atom. The summed E-state index contributed by atoms with van der Waals surface area (Å²) in [7, 11) is -10.9. The quantitative estimate of drug-likeness (QED) is 0.649. The van der Waals surface area contributed by atoms with Crippen LogP contribution in [0.3, 0.4) is 0 Å². The topological polar surface area (TPSA) is 118 Å². The number of sulfonamides is 1. The van der Waals surface area contributed by atoms with E-state index in [4.69, 9.17) is 0 Å². The summed E-state index contributed by atoms with van der Waals surface area (Å²) < 4.78 is 77.1. The van der Waals surface area contributed by atoms with E-state index in [1.54, 1.807) is 32.0 Å². The first kappa shape index (κ1) is 19.3. The van der Waals surface area contributed by atoms with Gasteiger partial charge in [-0.15, -0.1) is 0 Å². The maximum atomic E-state index is 13.6. The highest BCUT2D eigenvalue weighted by Gasteiger charge is 2.57. The molecule has 0 aromatic heterocycles. The van der Waals surface area contributed by atoms with Gasteiger partial charge >= 0.3 is 0 Å². The molecular formula is C16H22N2O6S3. The van der Waals surface area contributed by atoms with Crippen LogP contribution in [0.2, 0.25) is 0 Å². The summed E-state index contributed by atoms with van der Waals surface area (Å²) in [6.07, 6.45) is 0. The predicted octanol–water partition coefficient (Wildman–Crippen LogP) is -0.771. The predicted molar refractivity (Wildman–Crippen MR) is 101 cm³/mol. The summed E-state index contributed by atoms with van der Waals surface area (Å²) in [5.74, 6) is -0.949.